The number of fused-ring (bicyclic) bond motifs is 13. The van der Waals surface area contributed by atoms with Crippen molar-refractivity contribution in [3.8, 4) is 78.7 Å². The molecule has 2 aliphatic rings. The highest BCUT2D eigenvalue weighted by Crippen LogP contribution is 2.64. The van der Waals surface area contributed by atoms with Gasteiger partial charge in [0.2, 0.25) is 0 Å². The highest BCUT2D eigenvalue weighted by molar-refractivity contribution is 6.13. The Kier molecular flexibility index (Phi) is 7.49. The van der Waals surface area contributed by atoms with E-state index in [0.29, 0.717) is 17.5 Å². The van der Waals surface area contributed by atoms with Crippen molar-refractivity contribution in [2.24, 2.45) is 0 Å². The molecule has 0 saturated carbocycles. The Labute approximate surface area is 358 Å². The van der Waals surface area contributed by atoms with E-state index in [2.05, 4.69) is 140 Å². The minimum absolute atomic E-state index is 0.412. The second-order valence-corrected chi connectivity index (χ2v) is 16.2. The van der Waals surface area contributed by atoms with E-state index in [1.807, 2.05) is 72.8 Å². The van der Waals surface area contributed by atoms with Crippen LogP contribution < -0.4 is 0 Å². The summed E-state index contributed by atoms with van der Waals surface area (Å²) in [6.45, 7) is 0. The van der Waals surface area contributed by atoms with Crippen LogP contribution >= 0.6 is 0 Å². The minimum Gasteiger partial charge on any atom is -0.456 e. The minimum atomic E-state index is -0.412. The molecule has 62 heavy (non-hydrogen) atoms. The van der Waals surface area contributed by atoms with Gasteiger partial charge in [0.05, 0.1) is 5.41 Å². The van der Waals surface area contributed by atoms with Gasteiger partial charge in [0, 0.05) is 27.5 Å². The van der Waals surface area contributed by atoms with Crippen LogP contribution in [0.25, 0.3) is 101 Å². The van der Waals surface area contributed by atoms with Gasteiger partial charge in [0.25, 0.3) is 0 Å². The van der Waals surface area contributed by atoms with E-state index in [1.54, 1.807) is 0 Å². The fourth-order valence-corrected chi connectivity index (χ4v) is 10.4. The first-order chi connectivity index (χ1) is 30.8. The molecule has 0 saturated heterocycles. The zero-order valence-electron chi connectivity index (χ0n) is 33.5. The lowest BCUT2D eigenvalue weighted by Gasteiger charge is -2.30. The largest absolute Gasteiger partial charge is 0.456 e. The molecule has 0 unspecified atom stereocenters. The summed E-state index contributed by atoms with van der Waals surface area (Å²) in [7, 11) is 0. The molecule has 0 amide bonds. The lowest BCUT2D eigenvalue weighted by atomic mass is 9.70. The Morgan fingerprint density at radius 1 is 0.306 bits per heavy atom. The molecule has 2 aliphatic carbocycles. The summed E-state index contributed by atoms with van der Waals surface area (Å²) >= 11 is 0. The van der Waals surface area contributed by atoms with Gasteiger partial charge in [0.15, 0.2) is 17.5 Å². The van der Waals surface area contributed by atoms with E-state index >= 15 is 0 Å². The number of hydrogen-bond acceptors (Lipinski definition) is 4. The zero-order valence-corrected chi connectivity index (χ0v) is 33.5. The summed E-state index contributed by atoms with van der Waals surface area (Å²) in [6.07, 6.45) is 0. The van der Waals surface area contributed by atoms with Crippen LogP contribution in [0.5, 0.6) is 0 Å². The Bertz CT molecular complexity index is 3490. The third-order valence-electron chi connectivity index (χ3n) is 13.0. The van der Waals surface area contributed by atoms with Crippen LogP contribution in [0.2, 0.25) is 0 Å². The Morgan fingerprint density at radius 3 is 1.45 bits per heavy atom. The second-order valence-electron chi connectivity index (χ2n) is 16.2. The number of benzene rings is 9. The fraction of sp³-hybridized carbons (Fsp3) is 0.0172. The predicted molar refractivity (Wildman–Crippen MR) is 251 cm³/mol. The highest BCUT2D eigenvalue weighted by Gasteiger charge is 2.52. The molecule has 4 heteroatoms. The predicted octanol–water partition coefficient (Wildman–Crippen LogP) is 14.4. The number of furan rings is 1. The van der Waals surface area contributed by atoms with Gasteiger partial charge >= 0.3 is 0 Å². The molecule has 0 atom stereocenters. The van der Waals surface area contributed by atoms with E-state index in [-0.39, 0.29) is 0 Å². The third kappa shape index (κ3) is 4.92. The monoisotopic (exact) mass is 789 g/mol. The van der Waals surface area contributed by atoms with E-state index in [0.717, 1.165) is 49.8 Å². The summed E-state index contributed by atoms with van der Waals surface area (Å²) < 4.78 is 6.59. The molecule has 0 N–H and O–H groups in total. The average molecular weight is 790 g/mol. The van der Waals surface area contributed by atoms with Crippen LogP contribution in [-0.2, 0) is 5.41 Å². The van der Waals surface area contributed by atoms with Crippen molar-refractivity contribution in [3.05, 3.63) is 235 Å². The number of hydrogen-bond donors (Lipinski definition) is 0. The molecule has 0 bridgehead atoms. The fourth-order valence-electron chi connectivity index (χ4n) is 10.4. The SMILES string of the molecule is c1ccc(-c2nc(-c3ccccc3)nc(-c3cccc4oc5ccc(-c6ccccc6-c6cccc7c6-c6ccccc6C76c7ccccc7-c7ccccc76)cc5c34)n2)cc1. The Morgan fingerprint density at radius 2 is 0.790 bits per heavy atom. The first kappa shape index (κ1) is 34.6. The molecule has 9 aromatic carbocycles. The Hall–Kier alpha value is -8.21. The van der Waals surface area contributed by atoms with Gasteiger partial charge < -0.3 is 4.42 Å². The van der Waals surface area contributed by atoms with Crippen LogP contribution in [0.1, 0.15) is 22.3 Å². The van der Waals surface area contributed by atoms with E-state index in [4.69, 9.17) is 19.4 Å². The van der Waals surface area contributed by atoms with E-state index in [1.165, 1.54) is 55.6 Å². The summed E-state index contributed by atoms with van der Waals surface area (Å²) in [5.74, 6) is 1.84. The van der Waals surface area contributed by atoms with E-state index < -0.39 is 5.41 Å². The van der Waals surface area contributed by atoms with Crippen LogP contribution in [0, 0.1) is 0 Å². The lowest BCUT2D eigenvalue weighted by molar-refractivity contribution is 0.669. The molecule has 1 spiro atoms. The molecular weight excluding hydrogens is 755 g/mol. The maximum atomic E-state index is 6.59. The van der Waals surface area contributed by atoms with Gasteiger partial charge in [-0.2, -0.15) is 0 Å². The van der Waals surface area contributed by atoms with Crippen LogP contribution in [0.4, 0.5) is 0 Å². The lowest BCUT2D eigenvalue weighted by Crippen LogP contribution is -2.25. The Balaban J connectivity index is 1.01. The van der Waals surface area contributed by atoms with Crippen LogP contribution in [-0.4, -0.2) is 15.0 Å². The van der Waals surface area contributed by atoms with Crippen molar-refractivity contribution < 1.29 is 4.42 Å². The first-order valence-corrected chi connectivity index (χ1v) is 21.1. The topological polar surface area (TPSA) is 51.8 Å². The number of aromatic nitrogens is 3. The normalized spacial score (nSPS) is 13.0. The van der Waals surface area contributed by atoms with Crippen LogP contribution in [0.15, 0.2) is 217 Å². The molecule has 0 aliphatic heterocycles. The zero-order chi connectivity index (χ0) is 40.8. The third-order valence-corrected chi connectivity index (χ3v) is 13.0. The molecule has 288 valence electrons. The van der Waals surface area contributed by atoms with Crippen molar-refractivity contribution in [2.45, 2.75) is 5.41 Å². The average Bonchev–Trinajstić information content (AvgIpc) is 3.98. The number of rotatable bonds is 5. The smallest absolute Gasteiger partial charge is 0.164 e. The summed E-state index contributed by atoms with van der Waals surface area (Å²) in [6, 6.07) is 75.7. The van der Waals surface area contributed by atoms with Gasteiger partial charge in [-0.1, -0.05) is 194 Å². The summed E-state index contributed by atoms with van der Waals surface area (Å²) in [4.78, 5) is 15.2. The molecule has 11 aromatic rings. The van der Waals surface area contributed by atoms with Gasteiger partial charge in [-0.05, 0) is 85.0 Å². The second kappa shape index (κ2) is 13.4. The van der Waals surface area contributed by atoms with Gasteiger partial charge in [-0.25, -0.2) is 15.0 Å². The standard InChI is InChI=1S/C58H35N3O/c1-3-17-36(18-4-1)55-59-56(37-19-5-2-6-20-37)61-57(60-55)45-27-16-32-52-54(45)46-35-38(33-34-51(46)62-52)39-21-7-8-22-40(39)43-26-15-31-50-53(43)44-25-11-14-30-49(44)58(50)47-28-12-9-23-41(47)42-24-10-13-29-48(42)58/h1-35H. The van der Waals surface area contributed by atoms with Crippen molar-refractivity contribution in [1.29, 1.82) is 0 Å². The van der Waals surface area contributed by atoms with Gasteiger partial charge in [-0.3, -0.25) is 0 Å². The van der Waals surface area contributed by atoms with Crippen molar-refractivity contribution in [2.75, 3.05) is 0 Å². The molecule has 2 heterocycles. The highest BCUT2D eigenvalue weighted by atomic mass is 16.3. The first-order valence-electron chi connectivity index (χ1n) is 21.1. The number of nitrogens with zero attached hydrogens (tertiary/aromatic N) is 3. The summed E-state index contributed by atoms with van der Waals surface area (Å²) in [5.41, 5.74) is 19.1. The van der Waals surface area contributed by atoms with Gasteiger partial charge in [-0.15, -0.1) is 0 Å². The molecular formula is C58H35N3O. The quantitative estimate of drug-likeness (QED) is 0.174. The molecule has 4 nitrogen and oxygen atoms in total. The maximum Gasteiger partial charge on any atom is 0.164 e. The maximum absolute atomic E-state index is 6.59. The van der Waals surface area contributed by atoms with E-state index in [9.17, 15) is 0 Å². The van der Waals surface area contributed by atoms with Crippen molar-refractivity contribution in [3.63, 3.8) is 0 Å². The molecule has 0 radical (unpaired) electrons. The molecule has 0 fully saturated rings. The van der Waals surface area contributed by atoms with Gasteiger partial charge in [0.1, 0.15) is 11.2 Å². The van der Waals surface area contributed by atoms with Crippen molar-refractivity contribution in [1.82, 2.24) is 15.0 Å². The molecule has 2 aromatic heterocycles. The molecule has 13 rings (SSSR count). The van der Waals surface area contributed by atoms with Crippen molar-refractivity contribution >= 4 is 21.9 Å². The summed E-state index contributed by atoms with van der Waals surface area (Å²) in [5, 5.41) is 1.98. The van der Waals surface area contributed by atoms with Crippen LogP contribution in [0.3, 0.4) is 0 Å².